The topological polar surface area (TPSA) is 59.9 Å². The van der Waals surface area contributed by atoms with E-state index in [1.54, 1.807) is 45.8 Å². The molecule has 1 aromatic heterocycles. The highest BCUT2D eigenvalue weighted by Crippen LogP contribution is 2.11. The van der Waals surface area contributed by atoms with Crippen LogP contribution in [0, 0.1) is 11.3 Å². The van der Waals surface area contributed by atoms with Crippen LogP contribution in [0.3, 0.4) is 0 Å². The molecule has 0 atom stereocenters. The first-order valence-corrected chi connectivity index (χ1v) is 6.13. The third-order valence-corrected chi connectivity index (χ3v) is 2.84. The summed E-state index contributed by atoms with van der Waals surface area (Å²) in [6, 6.07) is 8.95. The molecule has 0 bridgehead atoms. The Kier molecular flexibility index (Phi) is 4.04. The third-order valence-electron chi connectivity index (χ3n) is 2.84. The highest BCUT2D eigenvalue weighted by Gasteiger charge is 2.01. The number of hydrogen-bond donors (Lipinski definition) is 0. The van der Waals surface area contributed by atoms with Gasteiger partial charge in [0.25, 0.3) is 0 Å². The predicted octanol–water partition coefficient (Wildman–Crippen LogP) is 1.62. The molecule has 0 saturated carbocycles. The summed E-state index contributed by atoms with van der Waals surface area (Å²) in [5.41, 5.74) is 0.578. The summed E-state index contributed by atoms with van der Waals surface area (Å²) in [5, 5.41) is 8.68. The van der Waals surface area contributed by atoms with Crippen LogP contribution in [0.15, 0.2) is 41.5 Å². The van der Waals surface area contributed by atoms with Crippen molar-refractivity contribution in [2.45, 2.75) is 20.0 Å². The second-order valence-corrected chi connectivity index (χ2v) is 4.04. The molecule has 1 heterocycles. The molecule has 0 aliphatic heterocycles. The van der Waals surface area contributed by atoms with Gasteiger partial charge >= 0.3 is 5.69 Å². The Hall–Kier alpha value is -2.48. The van der Waals surface area contributed by atoms with Crippen LogP contribution in [0.1, 0.15) is 12.5 Å². The fraction of sp³-hybridized carbons (Fsp3) is 0.286. The minimum Gasteiger partial charge on any atom is -0.492 e. The van der Waals surface area contributed by atoms with Gasteiger partial charge in [0.15, 0.2) is 0 Å². The monoisotopic (exact) mass is 257 g/mol. The minimum absolute atomic E-state index is 0.0223. The number of rotatable bonds is 5. The van der Waals surface area contributed by atoms with E-state index in [1.165, 1.54) is 0 Å². The first kappa shape index (κ1) is 13.0. The summed E-state index contributed by atoms with van der Waals surface area (Å²) >= 11 is 0. The van der Waals surface area contributed by atoms with Gasteiger partial charge in [-0.2, -0.15) is 5.26 Å². The number of imidazole rings is 1. The second kappa shape index (κ2) is 5.91. The highest BCUT2D eigenvalue weighted by atomic mass is 16.5. The van der Waals surface area contributed by atoms with Crippen molar-refractivity contribution >= 4 is 0 Å². The van der Waals surface area contributed by atoms with Crippen LogP contribution in [0.2, 0.25) is 0 Å². The standard InChI is InChI=1S/C14H15N3O2/c1-2-16-7-8-17(14(16)18)9-10-19-13-5-3-12(11-15)4-6-13/h3-8H,2,9-10H2,1H3. The molecule has 2 rings (SSSR count). The van der Waals surface area contributed by atoms with E-state index in [2.05, 4.69) is 0 Å². The summed E-state index contributed by atoms with van der Waals surface area (Å²) in [5.74, 6) is 0.696. The van der Waals surface area contributed by atoms with Crippen LogP contribution in [-0.2, 0) is 13.1 Å². The molecule has 1 aromatic carbocycles. The molecule has 19 heavy (non-hydrogen) atoms. The van der Waals surface area contributed by atoms with E-state index in [0.717, 1.165) is 0 Å². The summed E-state index contributed by atoms with van der Waals surface area (Å²) < 4.78 is 8.79. The van der Waals surface area contributed by atoms with Gasteiger partial charge < -0.3 is 4.74 Å². The second-order valence-electron chi connectivity index (χ2n) is 4.04. The van der Waals surface area contributed by atoms with Crippen LogP contribution in [0.4, 0.5) is 0 Å². The number of nitriles is 1. The lowest BCUT2D eigenvalue weighted by molar-refractivity contribution is 0.296. The van der Waals surface area contributed by atoms with Gasteiger partial charge in [-0.15, -0.1) is 0 Å². The number of aryl methyl sites for hydroxylation is 1. The van der Waals surface area contributed by atoms with Gasteiger partial charge in [-0.1, -0.05) is 0 Å². The molecule has 5 nitrogen and oxygen atoms in total. The largest absolute Gasteiger partial charge is 0.492 e. The van der Waals surface area contributed by atoms with Crippen molar-refractivity contribution in [2.24, 2.45) is 0 Å². The number of hydrogen-bond acceptors (Lipinski definition) is 3. The number of nitrogens with zero attached hydrogens (tertiary/aromatic N) is 3. The Morgan fingerprint density at radius 3 is 2.47 bits per heavy atom. The Labute approximate surface area is 111 Å². The van der Waals surface area contributed by atoms with E-state index in [1.807, 2.05) is 13.0 Å². The minimum atomic E-state index is -0.0223. The fourth-order valence-corrected chi connectivity index (χ4v) is 1.75. The van der Waals surface area contributed by atoms with E-state index < -0.39 is 0 Å². The summed E-state index contributed by atoms with van der Waals surface area (Å²) in [6.07, 6.45) is 3.53. The van der Waals surface area contributed by atoms with Gasteiger partial charge in [0.05, 0.1) is 18.2 Å². The van der Waals surface area contributed by atoms with E-state index in [9.17, 15) is 4.79 Å². The van der Waals surface area contributed by atoms with E-state index in [4.69, 9.17) is 10.00 Å². The molecule has 0 aliphatic carbocycles. The first-order chi connectivity index (χ1) is 9.24. The Morgan fingerprint density at radius 1 is 1.21 bits per heavy atom. The lowest BCUT2D eigenvalue weighted by Gasteiger charge is -2.06. The number of benzene rings is 1. The molecule has 0 spiro atoms. The van der Waals surface area contributed by atoms with Crippen LogP contribution in [0.5, 0.6) is 5.75 Å². The maximum Gasteiger partial charge on any atom is 0.328 e. The molecule has 0 saturated heterocycles. The molecule has 0 amide bonds. The van der Waals surface area contributed by atoms with Gasteiger partial charge in [-0.3, -0.25) is 9.13 Å². The molecular formula is C14H15N3O2. The zero-order chi connectivity index (χ0) is 13.7. The zero-order valence-electron chi connectivity index (χ0n) is 10.7. The molecule has 5 heteroatoms. The van der Waals surface area contributed by atoms with Crippen LogP contribution < -0.4 is 10.4 Å². The van der Waals surface area contributed by atoms with E-state index in [0.29, 0.717) is 31.0 Å². The average molecular weight is 257 g/mol. The molecule has 98 valence electrons. The highest BCUT2D eigenvalue weighted by molar-refractivity contribution is 5.34. The van der Waals surface area contributed by atoms with Crippen LogP contribution >= 0.6 is 0 Å². The van der Waals surface area contributed by atoms with E-state index >= 15 is 0 Å². The molecular weight excluding hydrogens is 242 g/mol. The Bertz CT molecular complexity index is 632. The van der Waals surface area contributed by atoms with Crippen molar-refractivity contribution in [1.29, 1.82) is 5.26 Å². The third kappa shape index (κ3) is 3.05. The number of aromatic nitrogens is 2. The molecule has 2 aromatic rings. The Morgan fingerprint density at radius 2 is 1.89 bits per heavy atom. The quantitative estimate of drug-likeness (QED) is 0.817. The predicted molar refractivity (Wildman–Crippen MR) is 71.0 cm³/mol. The van der Waals surface area contributed by atoms with Gasteiger partial charge in [0, 0.05) is 18.9 Å². The summed E-state index contributed by atoms with van der Waals surface area (Å²) in [6.45, 7) is 3.52. The maximum atomic E-state index is 11.8. The van der Waals surface area contributed by atoms with Crippen molar-refractivity contribution in [3.8, 4) is 11.8 Å². The van der Waals surface area contributed by atoms with Crippen molar-refractivity contribution < 1.29 is 4.74 Å². The smallest absolute Gasteiger partial charge is 0.328 e. The average Bonchev–Trinajstić information content (AvgIpc) is 2.80. The van der Waals surface area contributed by atoms with Crippen molar-refractivity contribution in [3.63, 3.8) is 0 Å². The first-order valence-electron chi connectivity index (χ1n) is 6.13. The summed E-state index contributed by atoms with van der Waals surface area (Å²) in [7, 11) is 0. The SMILES string of the molecule is CCn1ccn(CCOc2ccc(C#N)cc2)c1=O. The fourth-order valence-electron chi connectivity index (χ4n) is 1.75. The normalized spacial score (nSPS) is 10.1. The molecule has 0 radical (unpaired) electrons. The zero-order valence-corrected chi connectivity index (χ0v) is 10.7. The van der Waals surface area contributed by atoms with Gasteiger partial charge in [-0.25, -0.2) is 4.79 Å². The maximum absolute atomic E-state index is 11.8. The van der Waals surface area contributed by atoms with Crippen molar-refractivity contribution in [3.05, 3.63) is 52.7 Å². The van der Waals surface area contributed by atoms with Gasteiger partial charge in [0.2, 0.25) is 0 Å². The lowest BCUT2D eigenvalue weighted by atomic mass is 10.2. The van der Waals surface area contributed by atoms with Crippen molar-refractivity contribution in [2.75, 3.05) is 6.61 Å². The lowest BCUT2D eigenvalue weighted by Crippen LogP contribution is -2.25. The number of ether oxygens (including phenoxy) is 1. The molecule has 0 fully saturated rings. The molecule has 0 N–H and O–H groups in total. The molecule has 0 unspecified atom stereocenters. The van der Waals surface area contributed by atoms with Crippen molar-refractivity contribution in [1.82, 2.24) is 9.13 Å². The molecule has 0 aliphatic rings. The van der Waals surface area contributed by atoms with Gasteiger partial charge in [0.1, 0.15) is 12.4 Å². The Balaban J connectivity index is 1.91. The van der Waals surface area contributed by atoms with Crippen LogP contribution in [0.25, 0.3) is 0 Å². The van der Waals surface area contributed by atoms with Gasteiger partial charge in [-0.05, 0) is 31.2 Å². The summed E-state index contributed by atoms with van der Waals surface area (Å²) in [4.78, 5) is 11.8. The van der Waals surface area contributed by atoms with Crippen LogP contribution in [-0.4, -0.2) is 15.7 Å². The van der Waals surface area contributed by atoms with E-state index in [-0.39, 0.29) is 5.69 Å².